The van der Waals surface area contributed by atoms with Gasteiger partial charge in [0, 0.05) is 16.2 Å². The third-order valence-corrected chi connectivity index (χ3v) is 3.37. The number of benzene rings is 1. The zero-order chi connectivity index (χ0) is 16.2. The molecule has 0 radical (unpaired) electrons. The molecule has 0 bridgehead atoms. The van der Waals surface area contributed by atoms with Crippen LogP contribution in [-0.2, 0) is 4.79 Å². The number of halogens is 1. The molecule has 1 atom stereocenters. The summed E-state index contributed by atoms with van der Waals surface area (Å²) in [5, 5.41) is 11.7. The molecule has 0 saturated carbocycles. The summed E-state index contributed by atoms with van der Waals surface area (Å²) >= 11 is 3.28. The number of nitrogens with two attached hydrogens (primary N) is 1. The van der Waals surface area contributed by atoms with E-state index in [-0.39, 0.29) is 17.7 Å². The molecule has 0 aliphatic heterocycles. The Hall–Kier alpha value is -1.56. The number of carbonyl (C=O) groups excluding carboxylic acids is 1. The van der Waals surface area contributed by atoms with E-state index < -0.39 is 12.0 Å². The van der Waals surface area contributed by atoms with Crippen molar-refractivity contribution in [2.24, 2.45) is 5.41 Å². The van der Waals surface area contributed by atoms with Gasteiger partial charge in [0.2, 0.25) is 0 Å². The van der Waals surface area contributed by atoms with Gasteiger partial charge in [-0.3, -0.25) is 9.59 Å². The molecule has 116 valence electrons. The molecule has 0 aromatic heterocycles. The molecule has 6 heteroatoms. The van der Waals surface area contributed by atoms with Gasteiger partial charge >= 0.3 is 5.97 Å². The predicted molar refractivity (Wildman–Crippen MR) is 86.1 cm³/mol. The average Bonchev–Trinajstić information content (AvgIpc) is 2.24. The fourth-order valence-electron chi connectivity index (χ4n) is 2.13. The lowest BCUT2D eigenvalue weighted by Gasteiger charge is -2.26. The molecule has 0 heterocycles. The van der Waals surface area contributed by atoms with Crippen molar-refractivity contribution < 1.29 is 14.7 Å². The van der Waals surface area contributed by atoms with Crippen molar-refractivity contribution in [3.05, 3.63) is 28.2 Å². The number of anilines is 1. The Balaban J connectivity index is 2.86. The Bertz CT molecular complexity index is 538. The van der Waals surface area contributed by atoms with Crippen LogP contribution in [0.2, 0.25) is 0 Å². The smallest absolute Gasteiger partial charge is 0.305 e. The molecule has 0 fully saturated rings. The lowest BCUT2D eigenvalue weighted by atomic mass is 9.87. The summed E-state index contributed by atoms with van der Waals surface area (Å²) in [6.45, 7) is 6.01. The third-order valence-electron chi connectivity index (χ3n) is 2.87. The standard InChI is InChI=1S/C15H21BrN2O3/c1-15(2,3)8-10(7-13(19)20)18-14(21)11-5-4-9(16)6-12(11)17/h4-6,10H,7-8,17H2,1-3H3,(H,18,21)(H,19,20). The summed E-state index contributed by atoms with van der Waals surface area (Å²) in [6, 6.07) is 4.55. The second kappa shape index (κ2) is 6.93. The van der Waals surface area contributed by atoms with Crippen molar-refractivity contribution in [2.75, 3.05) is 5.73 Å². The Morgan fingerprint density at radius 2 is 2.00 bits per heavy atom. The molecule has 1 aromatic rings. The first-order chi connectivity index (χ1) is 9.58. The number of aliphatic carboxylic acids is 1. The summed E-state index contributed by atoms with van der Waals surface area (Å²) in [5.41, 5.74) is 6.44. The second-order valence-electron chi connectivity index (χ2n) is 6.26. The van der Waals surface area contributed by atoms with Gasteiger partial charge in [-0.1, -0.05) is 36.7 Å². The van der Waals surface area contributed by atoms with Gasteiger partial charge in [-0.2, -0.15) is 0 Å². The van der Waals surface area contributed by atoms with E-state index in [4.69, 9.17) is 10.8 Å². The van der Waals surface area contributed by atoms with Crippen LogP contribution in [0.15, 0.2) is 22.7 Å². The number of carbonyl (C=O) groups is 2. The minimum Gasteiger partial charge on any atom is -0.481 e. The number of carboxylic acid groups (broad SMARTS) is 1. The number of nitrogens with one attached hydrogen (secondary N) is 1. The highest BCUT2D eigenvalue weighted by Crippen LogP contribution is 2.23. The monoisotopic (exact) mass is 356 g/mol. The van der Waals surface area contributed by atoms with E-state index >= 15 is 0 Å². The summed E-state index contributed by atoms with van der Waals surface area (Å²) < 4.78 is 0.785. The molecular formula is C15H21BrN2O3. The highest BCUT2D eigenvalue weighted by atomic mass is 79.9. The molecule has 5 nitrogen and oxygen atoms in total. The second-order valence-corrected chi connectivity index (χ2v) is 7.18. The number of rotatable bonds is 5. The third kappa shape index (κ3) is 6.16. The van der Waals surface area contributed by atoms with Crippen molar-refractivity contribution in [3.63, 3.8) is 0 Å². The minimum absolute atomic E-state index is 0.0847. The van der Waals surface area contributed by atoms with E-state index in [9.17, 15) is 9.59 Å². The molecule has 21 heavy (non-hydrogen) atoms. The topological polar surface area (TPSA) is 92.4 Å². The number of nitrogen functional groups attached to an aromatic ring is 1. The largest absolute Gasteiger partial charge is 0.481 e. The maximum atomic E-state index is 12.3. The van der Waals surface area contributed by atoms with Gasteiger partial charge in [0.05, 0.1) is 12.0 Å². The first-order valence-corrected chi connectivity index (χ1v) is 7.45. The molecule has 1 unspecified atom stereocenters. The lowest BCUT2D eigenvalue weighted by molar-refractivity contribution is -0.137. The number of amides is 1. The number of hydrogen-bond acceptors (Lipinski definition) is 3. The highest BCUT2D eigenvalue weighted by Gasteiger charge is 2.23. The Morgan fingerprint density at radius 1 is 1.38 bits per heavy atom. The molecule has 1 amide bonds. The molecule has 0 saturated heterocycles. The van der Waals surface area contributed by atoms with Crippen LogP contribution >= 0.6 is 15.9 Å². The van der Waals surface area contributed by atoms with Gasteiger partial charge in [0.15, 0.2) is 0 Å². The maximum Gasteiger partial charge on any atom is 0.305 e. The van der Waals surface area contributed by atoms with E-state index in [2.05, 4.69) is 21.2 Å². The Kier molecular flexibility index (Phi) is 5.78. The molecule has 0 aliphatic carbocycles. The molecule has 0 aliphatic rings. The van der Waals surface area contributed by atoms with E-state index in [1.807, 2.05) is 20.8 Å². The fraction of sp³-hybridized carbons (Fsp3) is 0.467. The number of carboxylic acids is 1. The SMILES string of the molecule is CC(C)(C)CC(CC(=O)O)NC(=O)c1ccc(Br)cc1N. The normalized spacial score (nSPS) is 12.8. The van der Waals surface area contributed by atoms with Gasteiger partial charge in [-0.25, -0.2) is 0 Å². The zero-order valence-electron chi connectivity index (χ0n) is 12.4. The molecule has 4 N–H and O–H groups in total. The zero-order valence-corrected chi connectivity index (χ0v) is 14.0. The van der Waals surface area contributed by atoms with E-state index in [1.165, 1.54) is 0 Å². The van der Waals surface area contributed by atoms with Crippen LogP contribution in [0.5, 0.6) is 0 Å². The Morgan fingerprint density at radius 3 is 2.48 bits per heavy atom. The van der Waals surface area contributed by atoms with Crippen LogP contribution in [-0.4, -0.2) is 23.0 Å². The summed E-state index contributed by atoms with van der Waals surface area (Å²) in [6.07, 6.45) is 0.459. The first-order valence-electron chi connectivity index (χ1n) is 6.66. The Labute approximate surface area is 133 Å². The lowest BCUT2D eigenvalue weighted by Crippen LogP contribution is -2.39. The van der Waals surface area contributed by atoms with E-state index in [1.54, 1.807) is 18.2 Å². The molecule has 1 rings (SSSR count). The van der Waals surface area contributed by atoms with Gasteiger partial charge in [0.25, 0.3) is 5.91 Å². The maximum absolute atomic E-state index is 12.3. The first kappa shape index (κ1) is 17.5. The van der Waals surface area contributed by atoms with Crippen molar-refractivity contribution in [1.29, 1.82) is 0 Å². The van der Waals surface area contributed by atoms with Gasteiger partial charge in [-0.15, -0.1) is 0 Å². The van der Waals surface area contributed by atoms with E-state index in [0.29, 0.717) is 17.7 Å². The van der Waals surface area contributed by atoms with Crippen molar-refractivity contribution in [2.45, 2.75) is 39.7 Å². The van der Waals surface area contributed by atoms with Crippen LogP contribution in [0.25, 0.3) is 0 Å². The van der Waals surface area contributed by atoms with Crippen LogP contribution in [0, 0.1) is 5.41 Å². The van der Waals surface area contributed by atoms with Crippen molar-refractivity contribution in [3.8, 4) is 0 Å². The fourth-order valence-corrected chi connectivity index (χ4v) is 2.51. The van der Waals surface area contributed by atoms with Crippen LogP contribution in [0.3, 0.4) is 0 Å². The van der Waals surface area contributed by atoms with Crippen LogP contribution < -0.4 is 11.1 Å². The summed E-state index contributed by atoms with van der Waals surface area (Å²) in [7, 11) is 0. The van der Waals surface area contributed by atoms with Crippen molar-refractivity contribution in [1.82, 2.24) is 5.32 Å². The van der Waals surface area contributed by atoms with Crippen LogP contribution in [0.4, 0.5) is 5.69 Å². The summed E-state index contributed by atoms with van der Waals surface area (Å²) in [5.74, 6) is -1.29. The molecule has 1 aromatic carbocycles. The summed E-state index contributed by atoms with van der Waals surface area (Å²) in [4.78, 5) is 23.2. The number of hydrogen-bond donors (Lipinski definition) is 3. The quantitative estimate of drug-likeness (QED) is 0.707. The van der Waals surface area contributed by atoms with Gasteiger partial charge in [-0.05, 0) is 30.0 Å². The minimum atomic E-state index is -0.937. The highest BCUT2D eigenvalue weighted by molar-refractivity contribution is 9.10. The van der Waals surface area contributed by atoms with E-state index in [0.717, 1.165) is 4.47 Å². The van der Waals surface area contributed by atoms with Gasteiger partial charge < -0.3 is 16.2 Å². The van der Waals surface area contributed by atoms with Crippen LogP contribution in [0.1, 0.15) is 44.0 Å². The molecule has 0 spiro atoms. The average molecular weight is 357 g/mol. The van der Waals surface area contributed by atoms with Crippen molar-refractivity contribution >= 4 is 33.5 Å². The molecular weight excluding hydrogens is 336 g/mol. The predicted octanol–water partition coefficient (Wildman–Crippen LogP) is 3.04. The van der Waals surface area contributed by atoms with Gasteiger partial charge in [0.1, 0.15) is 0 Å².